The van der Waals surface area contributed by atoms with Crippen molar-refractivity contribution in [2.24, 2.45) is 0 Å². The predicted octanol–water partition coefficient (Wildman–Crippen LogP) is 5.35. The summed E-state index contributed by atoms with van der Waals surface area (Å²) in [6.07, 6.45) is -5.34. The Morgan fingerprint density at radius 2 is 1.97 bits per heavy atom. The molecule has 0 radical (unpaired) electrons. The Labute approximate surface area is 181 Å². The van der Waals surface area contributed by atoms with Gasteiger partial charge >= 0.3 is 6.18 Å². The Morgan fingerprint density at radius 3 is 2.58 bits per heavy atom. The molecular weight excluding hydrogens is 467 g/mol. The highest BCUT2D eigenvalue weighted by Crippen LogP contribution is 2.45. The number of carbonyl (C=O) groups excluding carboxylic acids is 2. The molecule has 0 aliphatic carbocycles. The Bertz CT molecular complexity index is 1080. The van der Waals surface area contributed by atoms with E-state index in [1.165, 1.54) is 0 Å². The van der Waals surface area contributed by atoms with Crippen molar-refractivity contribution in [1.82, 2.24) is 4.90 Å². The summed E-state index contributed by atoms with van der Waals surface area (Å²) in [4.78, 5) is 27.1. The second-order valence-corrected chi connectivity index (χ2v) is 8.80. The Kier molecular flexibility index (Phi) is 5.26. The molecular formula is C19H14ClF5N2O3S. The molecule has 2 aliphatic rings. The summed E-state index contributed by atoms with van der Waals surface area (Å²) in [7, 11) is 0. The quantitative estimate of drug-likeness (QED) is 0.602. The molecule has 2 aromatic rings. The molecule has 1 atom stereocenters. The summed E-state index contributed by atoms with van der Waals surface area (Å²) in [5, 5.41) is 2.26. The van der Waals surface area contributed by atoms with Gasteiger partial charge in [0.05, 0.1) is 42.5 Å². The van der Waals surface area contributed by atoms with E-state index in [0.29, 0.717) is 16.5 Å². The lowest BCUT2D eigenvalue weighted by Gasteiger charge is -2.38. The maximum Gasteiger partial charge on any atom is 0.417 e. The van der Waals surface area contributed by atoms with E-state index < -0.39 is 54.2 Å². The minimum atomic E-state index is -4.81. The fourth-order valence-electron chi connectivity index (χ4n) is 3.55. The van der Waals surface area contributed by atoms with Gasteiger partial charge in [0, 0.05) is 15.5 Å². The lowest BCUT2D eigenvalue weighted by molar-refractivity contribution is -0.137. The van der Waals surface area contributed by atoms with E-state index in [9.17, 15) is 31.5 Å². The first kappa shape index (κ1) is 22.0. The standard InChI is InChI=1S/C19H14ClF5N2O3S/c1-8-13-12(5-30-8)31-16(14(13)17(29)27-6-18(21,22)7-27)26-15(28)10-4-9(20)2-3-11(10)19(23,24)25/h2-4,8H,5-7H2,1H3,(H,26,28). The molecule has 31 heavy (non-hydrogen) atoms. The second kappa shape index (κ2) is 7.42. The SMILES string of the molecule is CC1OCc2sc(NC(=O)c3cc(Cl)ccc3C(F)(F)F)c(C(=O)N3CC(F)(F)C3)c21. The highest BCUT2D eigenvalue weighted by atomic mass is 35.5. The third kappa shape index (κ3) is 4.01. The van der Waals surface area contributed by atoms with Crippen LogP contribution in [0.1, 0.15) is 49.7 Å². The molecule has 1 N–H and O–H groups in total. The van der Waals surface area contributed by atoms with Crippen LogP contribution < -0.4 is 5.32 Å². The number of benzene rings is 1. The minimum Gasteiger partial charge on any atom is -0.368 e. The molecule has 166 valence electrons. The molecule has 3 heterocycles. The van der Waals surface area contributed by atoms with Gasteiger partial charge in [-0.05, 0) is 25.1 Å². The van der Waals surface area contributed by atoms with Crippen LogP contribution in [-0.2, 0) is 17.5 Å². The number of likely N-dealkylation sites (tertiary alicyclic amines) is 1. The number of alkyl halides is 5. The van der Waals surface area contributed by atoms with Crippen molar-refractivity contribution in [2.45, 2.75) is 31.7 Å². The van der Waals surface area contributed by atoms with Gasteiger partial charge in [-0.1, -0.05) is 11.6 Å². The smallest absolute Gasteiger partial charge is 0.368 e. The lowest BCUT2D eigenvalue weighted by atomic mass is 10.0. The number of carbonyl (C=O) groups is 2. The average molecular weight is 481 g/mol. The van der Waals surface area contributed by atoms with E-state index in [0.717, 1.165) is 28.4 Å². The van der Waals surface area contributed by atoms with Crippen molar-refractivity contribution >= 4 is 39.8 Å². The molecule has 1 fully saturated rings. The zero-order chi connectivity index (χ0) is 22.7. The number of fused-ring (bicyclic) bond motifs is 1. The van der Waals surface area contributed by atoms with Gasteiger partial charge in [-0.25, -0.2) is 8.78 Å². The van der Waals surface area contributed by atoms with E-state index >= 15 is 0 Å². The van der Waals surface area contributed by atoms with E-state index in [2.05, 4.69) is 5.32 Å². The van der Waals surface area contributed by atoms with Crippen LogP contribution in [0.3, 0.4) is 0 Å². The number of hydrogen-bond donors (Lipinski definition) is 1. The van der Waals surface area contributed by atoms with Crippen LogP contribution in [0.4, 0.5) is 27.0 Å². The summed E-state index contributed by atoms with van der Waals surface area (Å²) in [5.41, 5.74) is -1.50. The van der Waals surface area contributed by atoms with Crippen LogP contribution in [0.2, 0.25) is 5.02 Å². The number of nitrogens with one attached hydrogen (secondary N) is 1. The molecule has 4 rings (SSSR count). The summed E-state index contributed by atoms with van der Waals surface area (Å²) in [6.45, 7) is 0.250. The van der Waals surface area contributed by atoms with Crippen LogP contribution in [0.25, 0.3) is 0 Å². The van der Waals surface area contributed by atoms with Crippen LogP contribution >= 0.6 is 22.9 Å². The van der Waals surface area contributed by atoms with Gasteiger partial charge in [0.1, 0.15) is 5.00 Å². The van der Waals surface area contributed by atoms with E-state index in [1.807, 2.05) is 0 Å². The molecule has 0 bridgehead atoms. The molecule has 1 unspecified atom stereocenters. The highest BCUT2D eigenvalue weighted by Gasteiger charge is 2.48. The van der Waals surface area contributed by atoms with Crippen LogP contribution in [0.15, 0.2) is 18.2 Å². The molecule has 1 saturated heterocycles. The molecule has 12 heteroatoms. The Hall–Kier alpha value is -2.24. The summed E-state index contributed by atoms with van der Waals surface area (Å²) < 4.78 is 72.0. The monoisotopic (exact) mass is 480 g/mol. The van der Waals surface area contributed by atoms with E-state index in [4.69, 9.17) is 16.3 Å². The number of thiophene rings is 1. The van der Waals surface area contributed by atoms with Crippen LogP contribution in [0, 0.1) is 0 Å². The maximum atomic E-state index is 13.3. The number of anilines is 1. The third-order valence-corrected chi connectivity index (χ3v) is 6.33. The van der Waals surface area contributed by atoms with Gasteiger partial charge in [0.2, 0.25) is 0 Å². The van der Waals surface area contributed by atoms with Crippen molar-refractivity contribution in [3.05, 3.63) is 50.4 Å². The molecule has 2 amide bonds. The van der Waals surface area contributed by atoms with Crippen molar-refractivity contribution in [1.29, 1.82) is 0 Å². The number of rotatable bonds is 3. The fraction of sp³-hybridized carbons (Fsp3) is 0.368. The maximum absolute atomic E-state index is 13.3. The second-order valence-electron chi connectivity index (χ2n) is 7.26. The number of halogens is 6. The zero-order valence-corrected chi connectivity index (χ0v) is 17.4. The van der Waals surface area contributed by atoms with Crippen LogP contribution in [-0.4, -0.2) is 35.7 Å². The Balaban J connectivity index is 1.70. The van der Waals surface area contributed by atoms with E-state index in [-0.39, 0.29) is 22.2 Å². The van der Waals surface area contributed by atoms with Crippen molar-refractivity contribution in [2.75, 3.05) is 18.4 Å². The number of amides is 2. The molecule has 2 aliphatic heterocycles. The fourth-order valence-corrected chi connectivity index (χ4v) is 4.91. The topological polar surface area (TPSA) is 58.6 Å². The first-order valence-electron chi connectivity index (χ1n) is 9.00. The lowest BCUT2D eigenvalue weighted by Crippen LogP contribution is -2.58. The van der Waals surface area contributed by atoms with Gasteiger partial charge in [-0.3, -0.25) is 9.59 Å². The highest BCUT2D eigenvalue weighted by molar-refractivity contribution is 7.17. The first-order valence-corrected chi connectivity index (χ1v) is 10.2. The van der Waals surface area contributed by atoms with Crippen molar-refractivity contribution in [3.8, 4) is 0 Å². The first-order chi connectivity index (χ1) is 14.4. The molecule has 1 aromatic carbocycles. The summed E-state index contributed by atoms with van der Waals surface area (Å²) in [6, 6.07) is 2.58. The van der Waals surface area contributed by atoms with Crippen molar-refractivity contribution < 1.29 is 36.3 Å². The van der Waals surface area contributed by atoms with Gasteiger partial charge in [-0.2, -0.15) is 13.2 Å². The van der Waals surface area contributed by atoms with Gasteiger partial charge in [0.25, 0.3) is 17.7 Å². The van der Waals surface area contributed by atoms with Gasteiger partial charge < -0.3 is 15.0 Å². The third-order valence-electron chi connectivity index (χ3n) is 5.00. The molecule has 1 aromatic heterocycles. The Morgan fingerprint density at radius 1 is 1.29 bits per heavy atom. The van der Waals surface area contributed by atoms with Crippen LogP contribution in [0.5, 0.6) is 0 Å². The molecule has 0 spiro atoms. The number of nitrogens with zero attached hydrogens (tertiary/aromatic N) is 1. The van der Waals surface area contributed by atoms with Gasteiger partial charge in [-0.15, -0.1) is 11.3 Å². The van der Waals surface area contributed by atoms with Gasteiger partial charge in [0.15, 0.2) is 0 Å². The largest absolute Gasteiger partial charge is 0.417 e. The summed E-state index contributed by atoms with van der Waals surface area (Å²) in [5.74, 6) is -4.85. The molecule has 5 nitrogen and oxygen atoms in total. The molecule has 0 saturated carbocycles. The normalized spacial score (nSPS) is 19.7. The van der Waals surface area contributed by atoms with Crippen molar-refractivity contribution in [3.63, 3.8) is 0 Å². The van der Waals surface area contributed by atoms with E-state index in [1.54, 1.807) is 6.92 Å². The predicted molar refractivity (Wildman–Crippen MR) is 103 cm³/mol. The minimum absolute atomic E-state index is 0.0153. The number of hydrogen-bond acceptors (Lipinski definition) is 4. The summed E-state index contributed by atoms with van der Waals surface area (Å²) >= 11 is 6.74. The zero-order valence-electron chi connectivity index (χ0n) is 15.8. The number of ether oxygens (including phenoxy) is 1. The average Bonchev–Trinajstić information content (AvgIpc) is 3.17.